The van der Waals surface area contributed by atoms with Crippen LogP contribution < -0.4 is 16.0 Å². The van der Waals surface area contributed by atoms with Crippen molar-refractivity contribution in [2.45, 2.75) is 30.2 Å². The van der Waals surface area contributed by atoms with Crippen LogP contribution in [0.15, 0.2) is 59.5 Å². The maximum Gasteiger partial charge on any atom is 0.319 e. The summed E-state index contributed by atoms with van der Waals surface area (Å²) in [6.45, 7) is 0.605. The number of urea groups is 1. The molecule has 0 atom stereocenters. The normalized spacial score (nSPS) is 13.1. The highest BCUT2D eigenvalue weighted by molar-refractivity contribution is 7.99. The summed E-state index contributed by atoms with van der Waals surface area (Å²) in [7, 11) is 0. The molecule has 0 bridgehead atoms. The van der Waals surface area contributed by atoms with E-state index < -0.39 is 0 Å². The minimum atomic E-state index is -0.255. The number of carbonyl (C=O) groups excluding carboxylic acids is 2. The quantitative estimate of drug-likeness (QED) is 0.488. The van der Waals surface area contributed by atoms with Gasteiger partial charge in [-0.2, -0.15) is 0 Å². The van der Waals surface area contributed by atoms with E-state index in [9.17, 15) is 9.59 Å². The molecule has 1 fully saturated rings. The van der Waals surface area contributed by atoms with Crippen molar-refractivity contribution >= 4 is 29.4 Å². The summed E-state index contributed by atoms with van der Waals surface area (Å²) in [6.07, 6.45) is 2.99. The first-order chi connectivity index (χ1) is 12.7. The SMILES string of the molecule is O=C(NCCCSc1ccccc1)Nc1cccc(C(=O)NC2CC2)c1. The fourth-order valence-corrected chi connectivity index (χ4v) is 3.26. The molecular weight excluding hydrogens is 346 g/mol. The van der Waals surface area contributed by atoms with Crippen LogP contribution in [0.2, 0.25) is 0 Å². The molecule has 1 saturated carbocycles. The highest BCUT2D eigenvalue weighted by Crippen LogP contribution is 2.20. The van der Waals surface area contributed by atoms with Crippen LogP contribution in [0, 0.1) is 0 Å². The van der Waals surface area contributed by atoms with Crippen molar-refractivity contribution in [3.05, 3.63) is 60.2 Å². The van der Waals surface area contributed by atoms with Crippen molar-refractivity contribution in [1.82, 2.24) is 10.6 Å². The first kappa shape index (κ1) is 18.3. The zero-order valence-electron chi connectivity index (χ0n) is 14.5. The number of benzene rings is 2. The van der Waals surface area contributed by atoms with E-state index in [0.29, 0.717) is 23.8 Å². The van der Waals surface area contributed by atoms with Gasteiger partial charge < -0.3 is 16.0 Å². The molecular formula is C20H23N3O2S. The standard InChI is InChI=1S/C20H23N3O2S/c24-19(22-16-10-11-16)15-6-4-7-17(14-15)23-20(25)21-12-5-13-26-18-8-2-1-3-9-18/h1-4,6-9,14,16H,5,10-13H2,(H,22,24)(H2,21,23,25). The molecule has 5 nitrogen and oxygen atoms in total. The van der Waals surface area contributed by atoms with Crippen LogP contribution in [0.25, 0.3) is 0 Å². The van der Waals surface area contributed by atoms with Crippen LogP contribution in [0.3, 0.4) is 0 Å². The predicted molar refractivity (Wildman–Crippen MR) is 106 cm³/mol. The van der Waals surface area contributed by atoms with Crippen molar-refractivity contribution in [2.24, 2.45) is 0 Å². The lowest BCUT2D eigenvalue weighted by atomic mass is 10.2. The van der Waals surface area contributed by atoms with E-state index in [1.807, 2.05) is 18.2 Å². The van der Waals surface area contributed by atoms with Gasteiger partial charge in [0.05, 0.1) is 0 Å². The molecule has 2 aromatic rings. The van der Waals surface area contributed by atoms with Gasteiger partial charge in [-0.1, -0.05) is 24.3 Å². The Hall–Kier alpha value is -2.47. The number of amides is 3. The Labute approximate surface area is 157 Å². The average Bonchev–Trinajstić information content (AvgIpc) is 3.46. The van der Waals surface area contributed by atoms with Gasteiger partial charge in [0.25, 0.3) is 5.91 Å². The van der Waals surface area contributed by atoms with Crippen LogP contribution in [0.1, 0.15) is 29.6 Å². The van der Waals surface area contributed by atoms with Gasteiger partial charge in [0, 0.05) is 28.7 Å². The summed E-state index contributed by atoms with van der Waals surface area (Å²) in [5, 5.41) is 8.57. The number of hydrogen-bond donors (Lipinski definition) is 3. The largest absolute Gasteiger partial charge is 0.349 e. The van der Waals surface area contributed by atoms with E-state index in [0.717, 1.165) is 25.0 Å². The maximum absolute atomic E-state index is 12.1. The van der Waals surface area contributed by atoms with E-state index >= 15 is 0 Å². The van der Waals surface area contributed by atoms with E-state index in [1.165, 1.54) is 4.90 Å². The molecule has 0 unspecified atom stereocenters. The lowest BCUT2D eigenvalue weighted by Crippen LogP contribution is -2.30. The number of hydrogen-bond acceptors (Lipinski definition) is 3. The van der Waals surface area contributed by atoms with E-state index in [-0.39, 0.29) is 11.9 Å². The summed E-state index contributed by atoms with van der Waals surface area (Å²) < 4.78 is 0. The van der Waals surface area contributed by atoms with E-state index in [2.05, 4.69) is 28.1 Å². The Morgan fingerprint density at radius 1 is 1.04 bits per heavy atom. The summed E-state index contributed by atoms with van der Waals surface area (Å²) in [6, 6.07) is 17.3. The summed E-state index contributed by atoms with van der Waals surface area (Å²) in [5.41, 5.74) is 1.18. The van der Waals surface area contributed by atoms with Gasteiger partial charge in [-0.05, 0) is 55.3 Å². The molecule has 2 aromatic carbocycles. The molecule has 26 heavy (non-hydrogen) atoms. The number of anilines is 1. The van der Waals surface area contributed by atoms with Crippen LogP contribution in [0.4, 0.5) is 10.5 Å². The minimum absolute atomic E-state index is 0.0884. The van der Waals surface area contributed by atoms with Crippen LogP contribution >= 0.6 is 11.8 Å². The van der Waals surface area contributed by atoms with Crippen LogP contribution in [0.5, 0.6) is 0 Å². The topological polar surface area (TPSA) is 70.2 Å². The second-order valence-electron chi connectivity index (χ2n) is 6.22. The number of rotatable bonds is 8. The average molecular weight is 369 g/mol. The number of carbonyl (C=O) groups is 2. The minimum Gasteiger partial charge on any atom is -0.349 e. The first-order valence-electron chi connectivity index (χ1n) is 8.84. The fraction of sp³-hybridized carbons (Fsp3) is 0.300. The number of nitrogens with one attached hydrogen (secondary N) is 3. The molecule has 0 heterocycles. The van der Waals surface area contributed by atoms with Gasteiger partial charge in [0.2, 0.25) is 0 Å². The Kier molecular flexibility index (Phi) is 6.55. The van der Waals surface area contributed by atoms with Gasteiger partial charge in [-0.15, -0.1) is 11.8 Å². The second kappa shape index (κ2) is 9.29. The Balaban J connectivity index is 1.37. The molecule has 1 aliphatic rings. The predicted octanol–water partition coefficient (Wildman–Crippen LogP) is 3.88. The van der Waals surface area contributed by atoms with Gasteiger partial charge in [0.15, 0.2) is 0 Å². The summed E-state index contributed by atoms with van der Waals surface area (Å²) in [5.74, 6) is 0.857. The zero-order chi connectivity index (χ0) is 18.2. The molecule has 0 saturated heterocycles. The van der Waals surface area contributed by atoms with Crippen LogP contribution in [-0.4, -0.2) is 30.3 Å². The second-order valence-corrected chi connectivity index (χ2v) is 7.39. The maximum atomic E-state index is 12.1. The third-order valence-electron chi connectivity index (χ3n) is 3.91. The Bertz CT molecular complexity index is 748. The molecule has 0 aromatic heterocycles. The highest BCUT2D eigenvalue weighted by atomic mass is 32.2. The van der Waals surface area contributed by atoms with Crippen LogP contribution in [-0.2, 0) is 0 Å². The zero-order valence-corrected chi connectivity index (χ0v) is 15.4. The summed E-state index contributed by atoms with van der Waals surface area (Å²) >= 11 is 1.77. The van der Waals surface area contributed by atoms with Crippen molar-refractivity contribution in [3.8, 4) is 0 Å². The van der Waals surface area contributed by atoms with Gasteiger partial charge >= 0.3 is 6.03 Å². The molecule has 136 valence electrons. The third kappa shape index (κ3) is 6.11. The summed E-state index contributed by atoms with van der Waals surface area (Å²) in [4.78, 5) is 25.3. The molecule has 0 aliphatic heterocycles. The lowest BCUT2D eigenvalue weighted by molar-refractivity contribution is 0.0951. The molecule has 0 radical (unpaired) electrons. The Morgan fingerprint density at radius 2 is 1.85 bits per heavy atom. The van der Waals surface area contributed by atoms with E-state index in [1.54, 1.807) is 36.0 Å². The Morgan fingerprint density at radius 3 is 2.62 bits per heavy atom. The molecule has 3 amide bonds. The van der Waals surface area contributed by atoms with Gasteiger partial charge in [-0.25, -0.2) is 4.79 Å². The molecule has 3 N–H and O–H groups in total. The van der Waals surface area contributed by atoms with Gasteiger partial charge in [-0.3, -0.25) is 4.79 Å². The lowest BCUT2D eigenvalue weighted by Gasteiger charge is -2.09. The molecule has 1 aliphatic carbocycles. The first-order valence-corrected chi connectivity index (χ1v) is 9.83. The van der Waals surface area contributed by atoms with Gasteiger partial charge in [0.1, 0.15) is 0 Å². The number of thioether (sulfide) groups is 1. The molecule has 6 heteroatoms. The molecule has 0 spiro atoms. The van der Waals surface area contributed by atoms with Crippen molar-refractivity contribution in [3.63, 3.8) is 0 Å². The highest BCUT2D eigenvalue weighted by Gasteiger charge is 2.23. The smallest absolute Gasteiger partial charge is 0.319 e. The monoisotopic (exact) mass is 369 g/mol. The fourth-order valence-electron chi connectivity index (χ4n) is 2.39. The third-order valence-corrected chi connectivity index (χ3v) is 5.01. The van der Waals surface area contributed by atoms with Crippen molar-refractivity contribution < 1.29 is 9.59 Å². The van der Waals surface area contributed by atoms with Crippen molar-refractivity contribution in [1.29, 1.82) is 0 Å². The van der Waals surface area contributed by atoms with Crippen molar-refractivity contribution in [2.75, 3.05) is 17.6 Å². The molecule has 3 rings (SSSR count). The van der Waals surface area contributed by atoms with E-state index in [4.69, 9.17) is 0 Å².